The van der Waals surface area contributed by atoms with E-state index >= 15 is 0 Å². The van der Waals surface area contributed by atoms with Gasteiger partial charge in [-0.2, -0.15) is 0 Å². The van der Waals surface area contributed by atoms with Gasteiger partial charge in [0.25, 0.3) is 5.56 Å². The van der Waals surface area contributed by atoms with E-state index in [2.05, 4.69) is 15.9 Å². The molecular weight excluding hydrogens is 408 g/mol. The molecule has 0 unspecified atom stereocenters. The van der Waals surface area contributed by atoms with E-state index in [1.54, 1.807) is 25.1 Å². The number of rotatable bonds is 4. The molecule has 0 fully saturated rings. The quantitative estimate of drug-likeness (QED) is 0.701. The van der Waals surface area contributed by atoms with Gasteiger partial charge in [0.15, 0.2) is 0 Å². The van der Waals surface area contributed by atoms with Gasteiger partial charge in [0.05, 0.1) is 30.1 Å². The molecule has 5 nitrogen and oxygen atoms in total. The van der Waals surface area contributed by atoms with Crippen LogP contribution in [0.5, 0.6) is 0 Å². The lowest BCUT2D eigenvalue weighted by molar-refractivity contribution is 0.172. The largest absolute Gasteiger partial charge is 0.392 e. The Labute approximate surface area is 157 Å². The van der Waals surface area contributed by atoms with Crippen LogP contribution in [0.15, 0.2) is 56.5 Å². The van der Waals surface area contributed by atoms with Crippen LogP contribution in [0, 0.1) is 0 Å². The Bertz CT molecular complexity index is 1040. The van der Waals surface area contributed by atoms with E-state index in [1.165, 1.54) is 9.13 Å². The smallest absolute Gasteiger partial charge is 0.331 e. The molecule has 130 valence electrons. The second kappa shape index (κ2) is 7.15. The average molecular weight is 424 g/mol. The van der Waals surface area contributed by atoms with Gasteiger partial charge in [0, 0.05) is 9.50 Å². The standard InChI is InChI=1S/C18H16BrClN2O3/c1-11(23)9-21-16-8-14(20)6-7-15(16)17(24)22(18(21)25)10-12-2-4-13(19)5-3-12/h2-8,11,23H,9-10H2,1H3/t11-/m0/s1. The molecule has 3 rings (SSSR count). The molecule has 3 aromatic rings. The molecule has 0 spiro atoms. The first-order chi connectivity index (χ1) is 11.9. The minimum absolute atomic E-state index is 0.0797. The molecule has 7 heteroatoms. The van der Waals surface area contributed by atoms with E-state index in [1.807, 2.05) is 24.3 Å². The highest BCUT2D eigenvalue weighted by molar-refractivity contribution is 9.10. The maximum absolute atomic E-state index is 12.9. The van der Waals surface area contributed by atoms with Gasteiger partial charge in [0.1, 0.15) is 0 Å². The van der Waals surface area contributed by atoms with Crippen molar-refractivity contribution in [2.24, 2.45) is 0 Å². The molecule has 25 heavy (non-hydrogen) atoms. The third-order valence-electron chi connectivity index (χ3n) is 3.89. The van der Waals surface area contributed by atoms with Crippen molar-refractivity contribution in [1.82, 2.24) is 9.13 Å². The van der Waals surface area contributed by atoms with Gasteiger partial charge < -0.3 is 5.11 Å². The summed E-state index contributed by atoms with van der Waals surface area (Å²) in [5.74, 6) is 0. The number of fused-ring (bicyclic) bond motifs is 1. The molecule has 0 aliphatic rings. The number of nitrogens with zero attached hydrogens (tertiary/aromatic N) is 2. The monoisotopic (exact) mass is 422 g/mol. The molecule has 0 aliphatic carbocycles. The molecule has 0 aliphatic heterocycles. The van der Waals surface area contributed by atoms with Crippen LogP contribution in [-0.2, 0) is 13.1 Å². The van der Waals surface area contributed by atoms with Crippen molar-refractivity contribution in [3.8, 4) is 0 Å². The lowest BCUT2D eigenvalue weighted by Crippen LogP contribution is -2.41. The Balaban J connectivity index is 2.24. The summed E-state index contributed by atoms with van der Waals surface area (Å²) in [6.45, 7) is 1.83. The van der Waals surface area contributed by atoms with E-state index in [-0.39, 0.29) is 18.6 Å². The molecule has 1 heterocycles. The van der Waals surface area contributed by atoms with Crippen LogP contribution < -0.4 is 11.2 Å². The number of aromatic nitrogens is 2. The minimum atomic E-state index is -0.737. The predicted octanol–water partition coefficient (Wildman–Crippen LogP) is 3.01. The molecule has 1 aromatic heterocycles. The van der Waals surface area contributed by atoms with Crippen molar-refractivity contribution >= 4 is 38.4 Å². The predicted molar refractivity (Wildman–Crippen MR) is 102 cm³/mol. The van der Waals surface area contributed by atoms with E-state index in [0.29, 0.717) is 15.9 Å². The SMILES string of the molecule is C[C@H](O)Cn1c(=O)n(Cc2ccc(Br)cc2)c(=O)c2ccc(Cl)cc21. The van der Waals surface area contributed by atoms with E-state index in [4.69, 9.17) is 11.6 Å². The molecule has 0 radical (unpaired) electrons. The zero-order chi connectivity index (χ0) is 18.1. The summed E-state index contributed by atoms with van der Waals surface area (Å²) in [4.78, 5) is 25.7. The zero-order valence-electron chi connectivity index (χ0n) is 13.4. The van der Waals surface area contributed by atoms with Crippen LogP contribution >= 0.6 is 27.5 Å². The summed E-state index contributed by atoms with van der Waals surface area (Å²) < 4.78 is 3.50. The van der Waals surface area contributed by atoms with Crippen molar-refractivity contribution in [1.29, 1.82) is 0 Å². The molecule has 0 bridgehead atoms. The third-order valence-corrected chi connectivity index (χ3v) is 4.65. The summed E-state index contributed by atoms with van der Waals surface area (Å²) in [6.07, 6.45) is -0.737. The lowest BCUT2D eigenvalue weighted by Gasteiger charge is -2.15. The van der Waals surface area contributed by atoms with Crippen LogP contribution in [0.1, 0.15) is 12.5 Å². The number of aliphatic hydroxyl groups excluding tert-OH is 1. The van der Waals surface area contributed by atoms with Gasteiger partial charge in [-0.05, 0) is 42.8 Å². The summed E-state index contributed by atoms with van der Waals surface area (Å²) in [5.41, 5.74) is 0.416. The van der Waals surface area contributed by atoms with Crippen LogP contribution in [0.4, 0.5) is 0 Å². The van der Waals surface area contributed by atoms with Gasteiger partial charge in [0.2, 0.25) is 0 Å². The van der Waals surface area contributed by atoms with Gasteiger partial charge >= 0.3 is 5.69 Å². The van der Waals surface area contributed by atoms with Crippen molar-refractivity contribution in [2.75, 3.05) is 0 Å². The molecule has 0 amide bonds. The normalized spacial score (nSPS) is 12.5. The van der Waals surface area contributed by atoms with Crippen molar-refractivity contribution in [2.45, 2.75) is 26.1 Å². The number of aliphatic hydroxyl groups is 1. The topological polar surface area (TPSA) is 64.2 Å². The third kappa shape index (κ3) is 3.71. The molecule has 1 atom stereocenters. The van der Waals surface area contributed by atoms with Crippen molar-refractivity contribution < 1.29 is 5.11 Å². The van der Waals surface area contributed by atoms with Gasteiger partial charge in [-0.3, -0.25) is 13.9 Å². The zero-order valence-corrected chi connectivity index (χ0v) is 15.8. The Kier molecular flexibility index (Phi) is 5.13. The fourth-order valence-electron chi connectivity index (χ4n) is 2.74. The molecule has 0 saturated carbocycles. The molecule has 1 N–H and O–H groups in total. The number of halogens is 2. The van der Waals surface area contributed by atoms with E-state index < -0.39 is 11.8 Å². The summed E-state index contributed by atoms with van der Waals surface area (Å²) >= 11 is 9.39. The van der Waals surface area contributed by atoms with E-state index in [0.717, 1.165) is 10.0 Å². The summed E-state index contributed by atoms with van der Waals surface area (Å²) in [7, 11) is 0. The first-order valence-corrected chi connectivity index (χ1v) is 8.89. The molecule has 0 saturated heterocycles. The summed E-state index contributed by atoms with van der Waals surface area (Å²) in [6, 6.07) is 12.2. The van der Waals surface area contributed by atoms with E-state index in [9.17, 15) is 14.7 Å². The lowest BCUT2D eigenvalue weighted by atomic mass is 10.2. The first-order valence-electron chi connectivity index (χ1n) is 7.72. The fraction of sp³-hybridized carbons (Fsp3) is 0.222. The number of benzene rings is 2. The second-order valence-electron chi connectivity index (χ2n) is 5.92. The summed E-state index contributed by atoms with van der Waals surface area (Å²) in [5, 5.41) is 10.6. The fourth-order valence-corrected chi connectivity index (χ4v) is 3.17. The second-order valence-corrected chi connectivity index (χ2v) is 7.27. The Morgan fingerprint density at radius 2 is 1.80 bits per heavy atom. The van der Waals surface area contributed by atoms with Crippen LogP contribution in [0.2, 0.25) is 5.02 Å². The highest BCUT2D eigenvalue weighted by atomic mass is 79.9. The number of hydrogen-bond acceptors (Lipinski definition) is 3. The van der Waals surface area contributed by atoms with Gasteiger partial charge in [-0.25, -0.2) is 4.79 Å². The van der Waals surface area contributed by atoms with Gasteiger partial charge in [-0.1, -0.05) is 39.7 Å². The first kappa shape index (κ1) is 17.9. The van der Waals surface area contributed by atoms with Crippen LogP contribution in [0.3, 0.4) is 0 Å². The maximum Gasteiger partial charge on any atom is 0.331 e. The Hall–Kier alpha value is -1.89. The minimum Gasteiger partial charge on any atom is -0.392 e. The van der Waals surface area contributed by atoms with Gasteiger partial charge in [-0.15, -0.1) is 0 Å². The van der Waals surface area contributed by atoms with Crippen LogP contribution in [0.25, 0.3) is 10.9 Å². The Morgan fingerprint density at radius 3 is 2.44 bits per heavy atom. The Morgan fingerprint density at radius 1 is 1.12 bits per heavy atom. The maximum atomic E-state index is 12.9. The van der Waals surface area contributed by atoms with Crippen molar-refractivity contribution in [3.63, 3.8) is 0 Å². The van der Waals surface area contributed by atoms with Crippen molar-refractivity contribution in [3.05, 3.63) is 78.4 Å². The molecular formula is C18H16BrClN2O3. The number of hydrogen-bond donors (Lipinski definition) is 1. The highest BCUT2D eigenvalue weighted by Gasteiger charge is 2.15. The average Bonchev–Trinajstić information content (AvgIpc) is 2.57. The van der Waals surface area contributed by atoms with Crippen LogP contribution in [-0.4, -0.2) is 20.3 Å². The highest BCUT2D eigenvalue weighted by Crippen LogP contribution is 2.16. The molecule has 2 aromatic carbocycles.